The maximum Gasteiger partial charge on any atom is 0.321 e. The molecule has 2 heterocycles. The molecular formula is C20H24N4O. The molecule has 2 aliphatic rings. The van der Waals surface area contributed by atoms with Crippen LogP contribution in [-0.2, 0) is 0 Å². The zero-order valence-electron chi connectivity index (χ0n) is 14.3. The number of piperazine rings is 1. The monoisotopic (exact) mass is 336 g/mol. The van der Waals surface area contributed by atoms with Crippen molar-refractivity contribution in [1.29, 1.82) is 0 Å². The molecule has 130 valence electrons. The summed E-state index contributed by atoms with van der Waals surface area (Å²) in [5.74, 6) is 0. The van der Waals surface area contributed by atoms with E-state index in [-0.39, 0.29) is 6.03 Å². The van der Waals surface area contributed by atoms with E-state index in [0.717, 1.165) is 45.0 Å². The number of nitrogens with one attached hydrogen (secondary N) is 1. The number of carbonyl (C=O) groups is 1. The molecule has 0 atom stereocenters. The van der Waals surface area contributed by atoms with Crippen molar-refractivity contribution >= 4 is 17.4 Å². The number of hydrogen-bond donors (Lipinski definition) is 1. The summed E-state index contributed by atoms with van der Waals surface area (Å²) in [6.45, 7) is 5.88. The Morgan fingerprint density at radius 1 is 0.840 bits per heavy atom. The molecule has 2 aliphatic heterocycles. The third kappa shape index (κ3) is 3.61. The van der Waals surface area contributed by atoms with Gasteiger partial charge in [-0.1, -0.05) is 36.4 Å². The molecule has 1 N–H and O–H groups in total. The largest absolute Gasteiger partial charge is 0.369 e. The predicted molar refractivity (Wildman–Crippen MR) is 101 cm³/mol. The lowest BCUT2D eigenvalue weighted by Gasteiger charge is -2.48. The highest BCUT2D eigenvalue weighted by Crippen LogP contribution is 2.21. The lowest BCUT2D eigenvalue weighted by Crippen LogP contribution is -2.64. The number of anilines is 2. The lowest BCUT2D eigenvalue weighted by atomic mass is 10.1. The second-order valence-corrected chi connectivity index (χ2v) is 6.71. The van der Waals surface area contributed by atoms with Crippen molar-refractivity contribution in [2.24, 2.45) is 0 Å². The molecule has 0 aliphatic carbocycles. The number of rotatable bonds is 3. The molecule has 2 aromatic rings. The van der Waals surface area contributed by atoms with Crippen LogP contribution in [0.1, 0.15) is 0 Å². The van der Waals surface area contributed by atoms with Gasteiger partial charge in [-0.15, -0.1) is 0 Å². The Morgan fingerprint density at radius 2 is 1.44 bits per heavy atom. The Morgan fingerprint density at radius 3 is 2.08 bits per heavy atom. The molecule has 2 amide bonds. The fourth-order valence-corrected chi connectivity index (χ4v) is 3.56. The van der Waals surface area contributed by atoms with Gasteiger partial charge in [0.1, 0.15) is 0 Å². The normalized spacial score (nSPS) is 18.7. The highest BCUT2D eigenvalue weighted by molar-refractivity contribution is 5.89. The molecule has 4 rings (SSSR count). The van der Waals surface area contributed by atoms with Crippen LogP contribution in [0.5, 0.6) is 0 Å². The second-order valence-electron chi connectivity index (χ2n) is 6.71. The van der Waals surface area contributed by atoms with Gasteiger partial charge in [-0.2, -0.15) is 0 Å². The highest BCUT2D eigenvalue weighted by atomic mass is 16.2. The first-order valence-corrected chi connectivity index (χ1v) is 8.94. The first kappa shape index (κ1) is 16.0. The van der Waals surface area contributed by atoms with Crippen molar-refractivity contribution in [2.75, 3.05) is 49.5 Å². The first-order chi connectivity index (χ1) is 12.3. The van der Waals surface area contributed by atoms with Crippen LogP contribution in [0.3, 0.4) is 0 Å². The first-order valence-electron chi connectivity index (χ1n) is 8.94. The van der Waals surface area contributed by atoms with Crippen molar-refractivity contribution in [2.45, 2.75) is 6.04 Å². The smallest absolute Gasteiger partial charge is 0.321 e. The van der Waals surface area contributed by atoms with Gasteiger partial charge < -0.3 is 15.1 Å². The summed E-state index contributed by atoms with van der Waals surface area (Å²) in [5.41, 5.74) is 2.16. The third-order valence-corrected chi connectivity index (χ3v) is 5.13. The van der Waals surface area contributed by atoms with E-state index in [2.05, 4.69) is 45.4 Å². The molecule has 2 fully saturated rings. The van der Waals surface area contributed by atoms with E-state index in [1.54, 1.807) is 0 Å². The van der Waals surface area contributed by atoms with E-state index in [0.29, 0.717) is 6.04 Å². The zero-order chi connectivity index (χ0) is 17.1. The SMILES string of the molecule is O=C(Nc1ccccc1)N1CC(N2CCN(c3ccccc3)CC2)C1. The molecule has 0 spiro atoms. The van der Waals surface area contributed by atoms with E-state index in [4.69, 9.17) is 0 Å². The molecule has 25 heavy (non-hydrogen) atoms. The minimum absolute atomic E-state index is 0.00497. The van der Waals surface area contributed by atoms with Gasteiger partial charge >= 0.3 is 6.03 Å². The van der Waals surface area contributed by atoms with E-state index >= 15 is 0 Å². The Balaban J connectivity index is 1.23. The maximum absolute atomic E-state index is 12.2. The van der Waals surface area contributed by atoms with Crippen LogP contribution in [-0.4, -0.2) is 61.1 Å². The van der Waals surface area contributed by atoms with Gasteiger partial charge in [0.15, 0.2) is 0 Å². The van der Waals surface area contributed by atoms with E-state index in [1.165, 1.54) is 5.69 Å². The maximum atomic E-state index is 12.2. The number of urea groups is 1. The molecular weight excluding hydrogens is 312 g/mol. The van der Waals surface area contributed by atoms with Crippen molar-refractivity contribution < 1.29 is 4.79 Å². The van der Waals surface area contributed by atoms with E-state index in [9.17, 15) is 4.79 Å². The Bertz CT molecular complexity index is 692. The van der Waals surface area contributed by atoms with Crippen LogP contribution < -0.4 is 10.2 Å². The fourth-order valence-electron chi connectivity index (χ4n) is 3.56. The van der Waals surface area contributed by atoms with Crippen molar-refractivity contribution in [3.05, 3.63) is 60.7 Å². The van der Waals surface area contributed by atoms with Crippen LogP contribution in [0.25, 0.3) is 0 Å². The number of carbonyl (C=O) groups excluding carboxylic acids is 1. The van der Waals surface area contributed by atoms with Gasteiger partial charge in [0.25, 0.3) is 0 Å². The number of amides is 2. The average molecular weight is 336 g/mol. The number of para-hydroxylation sites is 2. The Kier molecular flexibility index (Phi) is 4.57. The molecule has 0 aromatic heterocycles. The molecule has 0 unspecified atom stereocenters. The fraction of sp³-hybridized carbons (Fsp3) is 0.350. The van der Waals surface area contributed by atoms with Crippen LogP contribution >= 0.6 is 0 Å². The summed E-state index contributed by atoms with van der Waals surface area (Å²) < 4.78 is 0. The summed E-state index contributed by atoms with van der Waals surface area (Å²) in [7, 11) is 0. The highest BCUT2D eigenvalue weighted by Gasteiger charge is 2.36. The van der Waals surface area contributed by atoms with E-state index < -0.39 is 0 Å². The summed E-state index contributed by atoms with van der Waals surface area (Å²) in [6.07, 6.45) is 0. The zero-order valence-corrected chi connectivity index (χ0v) is 14.3. The molecule has 2 aromatic carbocycles. The van der Waals surface area contributed by atoms with Gasteiger partial charge in [0.2, 0.25) is 0 Å². The van der Waals surface area contributed by atoms with Crippen LogP contribution in [0, 0.1) is 0 Å². The summed E-state index contributed by atoms with van der Waals surface area (Å²) >= 11 is 0. The van der Waals surface area contributed by atoms with Crippen molar-refractivity contribution in [1.82, 2.24) is 9.80 Å². The summed E-state index contributed by atoms with van der Waals surface area (Å²) in [5, 5.41) is 2.96. The minimum Gasteiger partial charge on any atom is -0.369 e. The number of benzene rings is 2. The quantitative estimate of drug-likeness (QED) is 0.937. The van der Waals surface area contributed by atoms with Gasteiger partial charge in [0.05, 0.1) is 0 Å². The molecule has 5 heteroatoms. The molecule has 2 saturated heterocycles. The lowest BCUT2D eigenvalue weighted by molar-refractivity contribution is 0.0578. The van der Waals surface area contributed by atoms with Crippen LogP contribution in [0.15, 0.2) is 60.7 Å². The van der Waals surface area contributed by atoms with Gasteiger partial charge in [-0.3, -0.25) is 4.90 Å². The topological polar surface area (TPSA) is 38.8 Å². The molecule has 0 radical (unpaired) electrons. The molecule has 0 bridgehead atoms. The van der Waals surface area contributed by atoms with Crippen molar-refractivity contribution in [3.8, 4) is 0 Å². The molecule has 5 nitrogen and oxygen atoms in total. The van der Waals surface area contributed by atoms with Gasteiger partial charge in [-0.25, -0.2) is 4.79 Å². The summed E-state index contributed by atoms with van der Waals surface area (Å²) in [6, 6.07) is 20.7. The third-order valence-electron chi connectivity index (χ3n) is 5.13. The summed E-state index contributed by atoms with van der Waals surface area (Å²) in [4.78, 5) is 19.1. The van der Waals surface area contributed by atoms with E-state index in [1.807, 2.05) is 35.2 Å². The Hall–Kier alpha value is -2.53. The number of hydrogen-bond acceptors (Lipinski definition) is 3. The standard InChI is InChI=1S/C20H24N4O/c25-20(21-17-7-3-1-4-8-17)24-15-19(16-24)23-13-11-22(12-14-23)18-9-5-2-6-10-18/h1-10,19H,11-16H2,(H,21,25). The van der Waals surface area contributed by atoms with Crippen LogP contribution in [0.2, 0.25) is 0 Å². The Labute approximate surface area is 148 Å². The predicted octanol–water partition coefficient (Wildman–Crippen LogP) is 2.72. The number of nitrogens with zero attached hydrogens (tertiary/aromatic N) is 3. The van der Waals surface area contributed by atoms with Gasteiger partial charge in [0, 0.05) is 56.7 Å². The minimum atomic E-state index is 0.00497. The average Bonchev–Trinajstić information content (AvgIpc) is 2.63. The number of likely N-dealkylation sites (tertiary alicyclic amines) is 1. The van der Waals surface area contributed by atoms with Crippen molar-refractivity contribution in [3.63, 3.8) is 0 Å². The van der Waals surface area contributed by atoms with Crippen LogP contribution in [0.4, 0.5) is 16.2 Å². The molecule has 0 saturated carbocycles. The second kappa shape index (κ2) is 7.15. The van der Waals surface area contributed by atoms with Gasteiger partial charge in [-0.05, 0) is 24.3 Å².